The van der Waals surface area contributed by atoms with E-state index in [2.05, 4.69) is 22.6 Å². The average molecular weight is 492 g/mol. The molecule has 1 saturated heterocycles. The van der Waals surface area contributed by atoms with Crippen molar-refractivity contribution in [3.8, 4) is 5.75 Å². The molecule has 148 valence electrons. The molecule has 0 spiro atoms. The van der Waals surface area contributed by atoms with Crippen LogP contribution >= 0.6 is 22.6 Å². The molecule has 0 unspecified atom stereocenters. The number of hydrogen-bond acceptors (Lipinski definition) is 3. The number of rotatable bonds is 6. The summed E-state index contributed by atoms with van der Waals surface area (Å²) in [7, 11) is 0. The van der Waals surface area contributed by atoms with Crippen LogP contribution in [0, 0.1) is 10.5 Å². The Morgan fingerprint density at radius 1 is 0.964 bits per heavy atom. The maximum absolute atomic E-state index is 12.7. The second kappa shape index (κ2) is 9.91. The Balaban J connectivity index is 1.41. The summed E-state index contributed by atoms with van der Waals surface area (Å²) >= 11 is 2.19. The molecular weight excluding hydrogens is 467 g/mol. The zero-order chi connectivity index (χ0) is 19.9. The fourth-order valence-electron chi connectivity index (χ4n) is 3.25. The number of benzene rings is 2. The van der Waals surface area contributed by atoms with Crippen LogP contribution in [0.3, 0.4) is 0 Å². The van der Waals surface area contributed by atoms with Crippen molar-refractivity contribution in [1.29, 1.82) is 0 Å². The number of carbonyl (C=O) groups excluding carboxylic acids is 2. The SMILES string of the molecule is Cc1ccccc1OCCCC(=O)N1CCN(C(=O)c2ccccc2I)CC1. The lowest BCUT2D eigenvalue weighted by Gasteiger charge is -2.35. The third-order valence-electron chi connectivity index (χ3n) is 4.91. The molecule has 1 fully saturated rings. The molecule has 5 nitrogen and oxygen atoms in total. The summed E-state index contributed by atoms with van der Waals surface area (Å²) in [5.74, 6) is 1.05. The van der Waals surface area contributed by atoms with Crippen molar-refractivity contribution < 1.29 is 14.3 Å². The fraction of sp³-hybridized carbons (Fsp3) is 0.364. The number of hydrogen-bond donors (Lipinski definition) is 0. The van der Waals surface area contributed by atoms with Gasteiger partial charge in [-0.15, -0.1) is 0 Å². The van der Waals surface area contributed by atoms with E-state index in [4.69, 9.17) is 4.74 Å². The summed E-state index contributed by atoms with van der Waals surface area (Å²) in [6, 6.07) is 15.5. The average Bonchev–Trinajstić information content (AvgIpc) is 2.72. The molecule has 6 heteroatoms. The number of para-hydroxylation sites is 1. The topological polar surface area (TPSA) is 49.9 Å². The minimum Gasteiger partial charge on any atom is -0.493 e. The maximum atomic E-state index is 12.7. The zero-order valence-corrected chi connectivity index (χ0v) is 18.2. The molecule has 0 bridgehead atoms. The van der Waals surface area contributed by atoms with Crippen LogP contribution in [0.4, 0.5) is 0 Å². The van der Waals surface area contributed by atoms with Crippen molar-refractivity contribution in [2.45, 2.75) is 19.8 Å². The number of halogens is 1. The van der Waals surface area contributed by atoms with Crippen molar-refractivity contribution in [1.82, 2.24) is 9.80 Å². The Morgan fingerprint density at radius 3 is 2.32 bits per heavy atom. The Hall–Kier alpha value is -2.09. The van der Waals surface area contributed by atoms with Gasteiger partial charge in [0, 0.05) is 36.2 Å². The lowest BCUT2D eigenvalue weighted by Crippen LogP contribution is -2.50. The van der Waals surface area contributed by atoms with Gasteiger partial charge in [0.25, 0.3) is 5.91 Å². The minimum absolute atomic E-state index is 0.0451. The number of carbonyl (C=O) groups is 2. The zero-order valence-electron chi connectivity index (χ0n) is 16.1. The Labute approximate surface area is 179 Å². The van der Waals surface area contributed by atoms with Crippen LogP contribution in [0.25, 0.3) is 0 Å². The van der Waals surface area contributed by atoms with Crippen LogP contribution in [0.15, 0.2) is 48.5 Å². The number of piperazine rings is 1. The number of nitrogens with zero attached hydrogens (tertiary/aromatic N) is 2. The second-order valence-corrected chi connectivity index (χ2v) is 8.03. The predicted octanol–water partition coefficient (Wildman–Crippen LogP) is 3.74. The molecule has 0 N–H and O–H groups in total. The van der Waals surface area contributed by atoms with Gasteiger partial charge in [0.2, 0.25) is 5.91 Å². The largest absolute Gasteiger partial charge is 0.493 e. The highest BCUT2D eigenvalue weighted by Crippen LogP contribution is 2.17. The van der Waals surface area contributed by atoms with Crippen LogP contribution in [-0.4, -0.2) is 54.4 Å². The summed E-state index contributed by atoms with van der Waals surface area (Å²) < 4.78 is 6.71. The van der Waals surface area contributed by atoms with Gasteiger partial charge >= 0.3 is 0 Å². The number of ether oxygens (including phenoxy) is 1. The van der Waals surface area contributed by atoms with E-state index in [0.29, 0.717) is 45.6 Å². The highest BCUT2D eigenvalue weighted by Gasteiger charge is 2.25. The van der Waals surface area contributed by atoms with Gasteiger partial charge in [-0.25, -0.2) is 0 Å². The van der Waals surface area contributed by atoms with Crippen LogP contribution in [0.2, 0.25) is 0 Å². The van der Waals surface area contributed by atoms with E-state index < -0.39 is 0 Å². The highest BCUT2D eigenvalue weighted by molar-refractivity contribution is 14.1. The van der Waals surface area contributed by atoms with Gasteiger partial charge in [0.1, 0.15) is 5.75 Å². The van der Waals surface area contributed by atoms with Crippen molar-refractivity contribution in [2.75, 3.05) is 32.8 Å². The monoisotopic (exact) mass is 492 g/mol. The molecule has 0 aliphatic carbocycles. The smallest absolute Gasteiger partial charge is 0.255 e. The van der Waals surface area contributed by atoms with Gasteiger partial charge in [-0.3, -0.25) is 9.59 Å². The fourth-order valence-corrected chi connectivity index (χ4v) is 3.86. The van der Waals surface area contributed by atoms with Crippen LogP contribution in [0.5, 0.6) is 5.75 Å². The molecule has 1 heterocycles. The third kappa shape index (κ3) is 5.25. The number of amides is 2. The summed E-state index contributed by atoms with van der Waals surface area (Å²) in [5.41, 5.74) is 1.83. The molecular formula is C22H25IN2O3. The van der Waals surface area contributed by atoms with Gasteiger partial charge in [-0.1, -0.05) is 30.3 Å². The van der Waals surface area contributed by atoms with E-state index in [0.717, 1.165) is 20.4 Å². The Morgan fingerprint density at radius 2 is 1.61 bits per heavy atom. The lowest BCUT2D eigenvalue weighted by molar-refractivity contribution is -0.132. The normalized spacial score (nSPS) is 14.1. The van der Waals surface area contributed by atoms with Gasteiger partial charge in [0.15, 0.2) is 0 Å². The third-order valence-corrected chi connectivity index (χ3v) is 5.85. The van der Waals surface area contributed by atoms with Crippen molar-refractivity contribution in [3.63, 3.8) is 0 Å². The molecule has 3 rings (SSSR count). The summed E-state index contributed by atoms with van der Waals surface area (Å²) in [6.45, 7) is 4.88. The first-order chi connectivity index (χ1) is 13.6. The van der Waals surface area contributed by atoms with Gasteiger partial charge in [0.05, 0.1) is 12.2 Å². The lowest BCUT2D eigenvalue weighted by atomic mass is 10.1. The summed E-state index contributed by atoms with van der Waals surface area (Å²) in [4.78, 5) is 28.8. The second-order valence-electron chi connectivity index (χ2n) is 6.87. The predicted molar refractivity (Wildman–Crippen MR) is 118 cm³/mol. The summed E-state index contributed by atoms with van der Waals surface area (Å²) in [6.07, 6.45) is 1.16. The summed E-state index contributed by atoms with van der Waals surface area (Å²) in [5, 5.41) is 0. The van der Waals surface area contributed by atoms with Gasteiger partial charge in [-0.05, 0) is 59.7 Å². The molecule has 1 aliphatic heterocycles. The molecule has 0 radical (unpaired) electrons. The number of aryl methyl sites for hydroxylation is 1. The van der Waals surface area contributed by atoms with E-state index in [-0.39, 0.29) is 11.8 Å². The van der Waals surface area contributed by atoms with Crippen molar-refractivity contribution >= 4 is 34.4 Å². The van der Waals surface area contributed by atoms with Crippen molar-refractivity contribution in [3.05, 3.63) is 63.2 Å². The molecule has 0 saturated carbocycles. The van der Waals surface area contributed by atoms with Crippen molar-refractivity contribution in [2.24, 2.45) is 0 Å². The van der Waals surface area contributed by atoms with Gasteiger partial charge in [-0.2, -0.15) is 0 Å². The molecule has 2 aromatic rings. The first-order valence-electron chi connectivity index (χ1n) is 9.56. The van der Waals surface area contributed by atoms with E-state index in [9.17, 15) is 9.59 Å². The standard InChI is InChI=1S/C22H25IN2O3/c1-17-7-2-5-10-20(17)28-16-6-11-21(26)24-12-14-25(15-13-24)22(27)18-8-3-4-9-19(18)23/h2-5,7-10H,6,11-16H2,1H3. The van der Waals surface area contributed by atoms with E-state index in [1.165, 1.54) is 0 Å². The molecule has 0 atom stereocenters. The van der Waals surface area contributed by atoms with Crippen LogP contribution in [0.1, 0.15) is 28.8 Å². The van der Waals surface area contributed by atoms with E-state index in [1.54, 1.807) is 0 Å². The van der Waals surface area contributed by atoms with Crippen LogP contribution in [-0.2, 0) is 4.79 Å². The van der Waals surface area contributed by atoms with E-state index >= 15 is 0 Å². The first kappa shape index (κ1) is 20.6. The Bertz CT molecular complexity index is 832. The first-order valence-corrected chi connectivity index (χ1v) is 10.6. The molecule has 1 aliphatic rings. The van der Waals surface area contributed by atoms with E-state index in [1.807, 2.05) is 65.3 Å². The maximum Gasteiger partial charge on any atom is 0.255 e. The molecule has 2 aromatic carbocycles. The molecule has 28 heavy (non-hydrogen) atoms. The Kier molecular flexibility index (Phi) is 7.30. The minimum atomic E-state index is 0.0451. The molecule has 0 aromatic heterocycles. The quantitative estimate of drug-likeness (QED) is 0.456. The van der Waals surface area contributed by atoms with Crippen LogP contribution < -0.4 is 4.74 Å². The van der Waals surface area contributed by atoms with Gasteiger partial charge < -0.3 is 14.5 Å². The molecule has 2 amide bonds. The highest BCUT2D eigenvalue weighted by atomic mass is 127.